The minimum atomic E-state index is -0.492. The molecule has 27 heavy (non-hydrogen) atoms. The van der Waals surface area contributed by atoms with Crippen LogP contribution in [0.2, 0.25) is 0 Å². The number of benzene rings is 2. The molecule has 0 fully saturated rings. The van der Waals surface area contributed by atoms with E-state index in [0.717, 1.165) is 22.2 Å². The lowest BCUT2D eigenvalue weighted by atomic mass is 10.1. The number of carbonyl (C=O) groups excluding carboxylic acids is 1. The van der Waals surface area contributed by atoms with Crippen LogP contribution in [0.25, 0.3) is 11.0 Å². The van der Waals surface area contributed by atoms with Gasteiger partial charge < -0.3 is 14.6 Å². The summed E-state index contributed by atoms with van der Waals surface area (Å²) in [5, 5.41) is 2.78. The molecule has 1 amide bonds. The summed E-state index contributed by atoms with van der Waals surface area (Å²) in [4.78, 5) is 29.8. The summed E-state index contributed by atoms with van der Waals surface area (Å²) in [7, 11) is 1.58. The van der Waals surface area contributed by atoms with Gasteiger partial charge in [-0.25, -0.2) is 4.98 Å². The van der Waals surface area contributed by atoms with E-state index in [2.05, 4.69) is 10.3 Å². The molecule has 1 N–H and O–H groups in total. The molecule has 0 spiro atoms. The molecule has 0 aliphatic heterocycles. The molecule has 2 aromatic carbocycles. The van der Waals surface area contributed by atoms with Crippen LogP contribution in [0.1, 0.15) is 34.1 Å². The maximum atomic E-state index is 12.8. The van der Waals surface area contributed by atoms with Gasteiger partial charge in [0.25, 0.3) is 11.5 Å². The third-order valence-electron chi connectivity index (χ3n) is 4.72. The summed E-state index contributed by atoms with van der Waals surface area (Å²) >= 11 is 0. The van der Waals surface area contributed by atoms with Gasteiger partial charge in [0.1, 0.15) is 5.75 Å². The van der Waals surface area contributed by atoms with Crippen molar-refractivity contribution in [3.63, 3.8) is 0 Å². The zero-order chi connectivity index (χ0) is 19.6. The largest absolute Gasteiger partial charge is 0.496 e. The summed E-state index contributed by atoms with van der Waals surface area (Å²) in [5.41, 5.74) is 3.88. The molecule has 1 aromatic heterocycles. The Morgan fingerprint density at radius 3 is 2.59 bits per heavy atom. The number of hydrogen-bond donors (Lipinski definition) is 1. The van der Waals surface area contributed by atoms with Gasteiger partial charge in [0.15, 0.2) is 5.69 Å². The van der Waals surface area contributed by atoms with E-state index >= 15 is 0 Å². The molecule has 0 saturated carbocycles. The average Bonchev–Trinajstić information content (AvgIpc) is 2.67. The summed E-state index contributed by atoms with van der Waals surface area (Å²) in [6, 6.07) is 11.3. The van der Waals surface area contributed by atoms with Crippen LogP contribution in [0.3, 0.4) is 0 Å². The smallest absolute Gasteiger partial charge is 0.282 e. The van der Waals surface area contributed by atoms with Gasteiger partial charge in [-0.15, -0.1) is 0 Å². The minimum Gasteiger partial charge on any atom is -0.496 e. The molecule has 0 radical (unpaired) electrons. The number of hydrogen-bond acceptors (Lipinski definition) is 4. The number of amides is 1. The predicted molar refractivity (Wildman–Crippen MR) is 105 cm³/mol. The number of nitrogens with zero attached hydrogens (tertiary/aromatic N) is 2. The zero-order valence-electron chi connectivity index (χ0n) is 16.0. The van der Waals surface area contributed by atoms with E-state index in [9.17, 15) is 9.59 Å². The van der Waals surface area contributed by atoms with Crippen molar-refractivity contribution in [3.8, 4) is 5.75 Å². The fourth-order valence-electron chi connectivity index (χ4n) is 3.07. The van der Waals surface area contributed by atoms with Crippen molar-refractivity contribution in [2.24, 2.45) is 0 Å². The van der Waals surface area contributed by atoms with Gasteiger partial charge in [-0.1, -0.05) is 18.2 Å². The second-order valence-electron chi connectivity index (χ2n) is 6.43. The van der Waals surface area contributed by atoms with Crippen LogP contribution in [0.15, 0.2) is 41.2 Å². The van der Waals surface area contributed by atoms with Gasteiger partial charge in [0.05, 0.1) is 18.1 Å². The number of carbonyl (C=O) groups is 1. The van der Waals surface area contributed by atoms with Crippen molar-refractivity contribution < 1.29 is 9.53 Å². The number of aromatic nitrogens is 2. The quantitative estimate of drug-likeness (QED) is 0.754. The van der Waals surface area contributed by atoms with Crippen LogP contribution in [0.4, 0.5) is 0 Å². The van der Waals surface area contributed by atoms with E-state index in [1.807, 2.05) is 57.2 Å². The summed E-state index contributed by atoms with van der Waals surface area (Å²) in [6.07, 6.45) is 0. The number of para-hydroxylation sites is 1. The monoisotopic (exact) mass is 365 g/mol. The Bertz CT molecular complexity index is 1070. The van der Waals surface area contributed by atoms with Crippen molar-refractivity contribution in [1.82, 2.24) is 14.9 Å². The fourth-order valence-corrected chi connectivity index (χ4v) is 3.07. The van der Waals surface area contributed by atoms with E-state index in [-0.39, 0.29) is 17.8 Å². The molecule has 6 nitrogen and oxygen atoms in total. The molecule has 6 heteroatoms. The van der Waals surface area contributed by atoms with E-state index in [0.29, 0.717) is 17.8 Å². The standard InChI is InChI=1S/C21H23N3O3/c1-5-24-17-11-14(3)13(2)10-16(17)23-19(21(24)26)20(25)22-12-15-8-6-7-9-18(15)27-4/h6-11H,5,12H2,1-4H3,(H,22,25). The second-order valence-corrected chi connectivity index (χ2v) is 6.43. The van der Waals surface area contributed by atoms with Crippen molar-refractivity contribution in [2.75, 3.05) is 7.11 Å². The van der Waals surface area contributed by atoms with Gasteiger partial charge in [0, 0.05) is 18.7 Å². The molecule has 0 aliphatic rings. The molecule has 0 bridgehead atoms. The van der Waals surface area contributed by atoms with E-state index in [1.165, 1.54) is 0 Å². The Hall–Kier alpha value is -3.15. The number of ether oxygens (including phenoxy) is 1. The van der Waals surface area contributed by atoms with Gasteiger partial charge in [-0.3, -0.25) is 9.59 Å². The Balaban J connectivity index is 1.98. The number of aryl methyl sites for hydroxylation is 3. The first-order chi connectivity index (χ1) is 13.0. The van der Waals surface area contributed by atoms with Crippen LogP contribution < -0.4 is 15.6 Å². The molecular formula is C21H23N3O3. The van der Waals surface area contributed by atoms with Crippen molar-refractivity contribution in [1.29, 1.82) is 0 Å². The van der Waals surface area contributed by atoms with Crippen LogP contribution in [-0.2, 0) is 13.1 Å². The maximum Gasteiger partial charge on any atom is 0.282 e. The Morgan fingerprint density at radius 2 is 1.89 bits per heavy atom. The fraction of sp³-hybridized carbons (Fsp3) is 0.286. The Kier molecular flexibility index (Phi) is 5.26. The maximum absolute atomic E-state index is 12.8. The second kappa shape index (κ2) is 7.61. The van der Waals surface area contributed by atoms with Crippen molar-refractivity contribution in [2.45, 2.75) is 33.9 Å². The van der Waals surface area contributed by atoms with Crippen LogP contribution >= 0.6 is 0 Å². The summed E-state index contributed by atoms with van der Waals surface area (Å²) < 4.78 is 6.88. The molecule has 1 heterocycles. The van der Waals surface area contributed by atoms with Crippen LogP contribution in [-0.4, -0.2) is 22.6 Å². The highest BCUT2D eigenvalue weighted by atomic mass is 16.5. The summed E-state index contributed by atoms with van der Waals surface area (Å²) in [6.45, 7) is 6.58. The predicted octanol–water partition coefficient (Wildman–Crippen LogP) is 2.97. The topological polar surface area (TPSA) is 73.2 Å². The van der Waals surface area contributed by atoms with E-state index < -0.39 is 5.91 Å². The molecule has 140 valence electrons. The first-order valence-electron chi connectivity index (χ1n) is 8.88. The Labute approximate surface area is 157 Å². The number of rotatable bonds is 5. The van der Waals surface area contributed by atoms with E-state index in [4.69, 9.17) is 4.74 Å². The van der Waals surface area contributed by atoms with Gasteiger partial charge >= 0.3 is 0 Å². The zero-order valence-corrected chi connectivity index (χ0v) is 16.0. The molecule has 0 saturated heterocycles. The van der Waals surface area contributed by atoms with Crippen molar-refractivity contribution >= 4 is 16.9 Å². The Morgan fingerprint density at radius 1 is 1.19 bits per heavy atom. The lowest BCUT2D eigenvalue weighted by Crippen LogP contribution is -2.34. The third-order valence-corrected chi connectivity index (χ3v) is 4.72. The first-order valence-corrected chi connectivity index (χ1v) is 8.88. The van der Waals surface area contributed by atoms with Gasteiger partial charge in [-0.05, 0) is 50.1 Å². The normalized spacial score (nSPS) is 10.8. The summed E-state index contributed by atoms with van der Waals surface area (Å²) in [5.74, 6) is 0.189. The minimum absolute atomic E-state index is 0.0949. The van der Waals surface area contributed by atoms with Crippen LogP contribution in [0.5, 0.6) is 5.75 Å². The lowest BCUT2D eigenvalue weighted by molar-refractivity contribution is 0.0944. The van der Waals surface area contributed by atoms with Crippen LogP contribution in [0, 0.1) is 13.8 Å². The van der Waals surface area contributed by atoms with Crippen molar-refractivity contribution in [3.05, 3.63) is 69.1 Å². The van der Waals surface area contributed by atoms with Gasteiger partial charge in [0.2, 0.25) is 0 Å². The molecule has 3 aromatic rings. The molecule has 0 atom stereocenters. The first kappa shape index (κ1) is 18.6. The average molecular weight is 365 g/mol. The SMILES string of the molecule is CCn1c(=O)c(C(=O)NCc2ccccc2OC)nc2cc(C)c(C)cc21. The molecule has 3 rings (SSSR count). The highest BCUT2D eigenvalue weighted by molar-refractivity contribution is 5.94. The highest BCUT2D eigenvalue weighted by Gasteiger charge is 2.18. The molecule has 0 unspecified atom stereocenters. The molecule has 0 aliphatic carbocycles. The number of methoxy groups -OCH3 is 1. The lowest BCUT2D eigenvalue weighted by Gasteiger charge is -2.13. The third kappa shape index (κ3) is 3.56. The molecular weight excluding hydrogens is 342 g/mol. The van der Waals surface area contributed by atoms with Gasteiger partial charge in [-0.2, -0.15) is 0 Å². The highest BCUT2D eigenvalue weighted by Crippen LogP contribution is 2.18. The number of nitrogens with one attached hydrogen (secondary N) is 1. The van der Waals surface area contributed by atoms with E-state index in [1.54, 1.807) is 11.7 Å². The number of fused-ring (bicyclic) bond motifs is 1.